The van der Waals surface area contributed by atoms with Crippen LogP contribution < -0.4 is 5.73 Å². The number of aromatic nitrogens is 1. The summed E-state index contributed by atoms with van der Waals surface area (Å²) in [5.74, 6) is 0.865. The molecule has 0 radical (unpaired) electrons. The third kappa shape index (κ3) is 4.09. The lowest BCUT2D eigenvalue weighted by molar-refractivity contribution is -0.148. The van der Waals surface area contributed by atoms with E-state index < -0.39 is 0 Å². The maximum atomic E-state index is 11.8. The lowest BCUT2D eigenvalue weighted by atomic mass is 10.2. The van der Waals surface area contributed by atoms with E-state index in [9.17, 15) is 4.79 Å². The van der Waals surface area contributed by atoms with Crippen molar-refractivity contribution in [2.75, 3.05) is 31.2 Å². The first-order valence-corrected chi connectivity index (χ1v) is 8.25. The average Bonchev–Trinajstić information content (AvgIpc) is 2.99. The number of anilines is 1. The van der Waals surface area contributed by atoms with Crippen molar-refractivity contribution in [2.45, 2.75) is 30.0 Å². The summed E-state index contributed by atoms with van der Waals surface area (Å²) in [7, 11) is 0. The summed E-state index contributed by atoms with van der Waals surface area (Å²) in [5, 5.41) is 0.605. The minimum absolute atomic E-state index is 0.0490. The zero-order valence-electron chi connectivity index (χ0n) is 11.0. The van der Waals surface area contributed by atoms with Crippen LogP contribution in [0.5, 0.6) is 0 Å². The first kappa shape index (κ1) is 14.6. The lowest BCUT2D eigenvalue weighted by Crippen LogP contribution is -2.38. The molecule has 0 unspecified atom stereocenters. The summed E-state index contributed by atoms with van der Waals surface area (Å²) in [6.45, 7) is 4.18. The van der Waals surface area contributed by atoms with Gasteiger partial charge < -0.3 is 10.5 Å². The first-order valence-electron chi connectivity index (χ1n) is 6.45. The van der Waals surface area contributed by atoms with E-state index in [0.717, 1.165) is 35.9 Å². The van der Waals surface area contributed by atoms with E-state index in [4.69, 9.17) is 10.5 Å². The smallest absolute Gasteiger partial charge is 0.323 e. The normalized spacial score (nSPS) is 19.7. The maximum Gasteiger partial charge on any atom is 0.323 e. The monoisotopic (exact) mass is 301 g/mol. The molecule has 7 heteroatoms. The summed E-state index contributed by atoms with van der Waals surface area (Å²) in [6, 6.07) is -0.0490. The number of likely N-dealkylation sites (tertiary alicyclic amines) is 1. The van der Waals surface area contributed by atoms with Crippen LogP contribution in [0.2, 0.25) is 0 Å². The van der Waals surface area contributed by atoms with Crippen LogP contribution in [-0.4, -0.2) is 47.3 Å². The Morgan fingerprint density at radius 1 is 1.74 bits per heavy atom. The van der Waals surface area contributed by atoms with Gasteiger partial charge in [0.2, 0.25) is 0 Å². The Bertz CT molecular complexity index is 425. The minimum Gasteiger partial charge on any atom is -0.465 e. The predicted molar refractivity (Wildman–Crippen MR) is 78.5 cm³/mol. The summed E-state index contributed by atoms with van der Waals surface area (Å²) < 4.78 is 6.24. The van der Waals surface area contributed by atoms with Crippen LogP contribution >= 0.6 is 23.1 Å². The number of hydrogen-bond donors (Lipinski definition) is 1. The molecule has 0 bridgehead atoms. The Hall–Kier alpha value is -0.790. The number of esters is 1. The van der Waals surface area contributed by atoms with E-state index in [1.807, 2.05) is 6.92 Å². The van der Waals surface area contributed by atoms with Gasteiger partial charge in [-0.3, -0.25) is 9.69 Å². The Kier molecular flexibility index (Phi) is 5.47. The number of rotatable bonds is 6. The van der Waals surface area contributed by atoms with E-state index in [0.29, 0.717) is 11.7 Å². The van der Waals surface area contributed by atoms with Crippen molar-refractivity contribution in [1.82, 2.24) is 9.88 Å². The van der Waals surface area contributed by atoms with Crippen molar-refractivity contribution < 1.29 is 9.53 Å². The molecule has 1 aliphatic heterocycles. The molecule has 5 nitrogen and oxygen atoms in total. The van der Waals surface area contributed by atoms with Crippen LogP contribution in [0.1, 0.15) is 19.8 Å². The molecule has 0 saturated carbocycles. The molecule has 2 heterocycles. The number of nitrogen functional groups attached to an aromatic ring is 1. The highest BCUT2D eigenvalue weighted by Crippen LogP contribution is 2.27. The van der Waals surface area contributed by atoms with Gasteiger partial charge in [0.25, 0.3) is 0 Å². The van der Waals surface area contributed by atoms with E-state index >= 15 is 0 Å². The van der Waals surface area contributed by atoms with E-state index in [2.05, 4.69) is 9.88 Å². The van der Waals surface area contributed by atoms with Crippen LogP contribution in [-0.2, 0) is 9.53 Å². The maximum absolute atomic E-state index is 11.8. The molecule has 1 aliphatic rings. The third-order valence-corrected chi connectivity index (χ3v) is 5.05. The Morgan fingerprint density at radius 3 is 3.26 bits per heavy atom. The quantitative estimate of drug-likeness (QED) is 0.639. The van der Waals surface area contributed by atoms with Crippen LogP contribution in [0.25, 0.3) is 0 Å². The lowest BCUT2D eigenvalue weighted by Gasteiger charge is -2.22. The van der Waals surface area contributed by atoms with E-state index in [-0.39, 0.29) is 12.0 Å². The number of thiazole rings is 1. The van der Waals surface area contributed by atoms with Crippen LogP contribution in [0.3, 0.4) is 0 Å². The molecule has 0 aliphatic carbocycles. The van der Waals surface area contributed by atoms with Crippen molar-refractivity contribution in [3.63, 3.8) is 0 Å². The van der Waals surface area contributed by atoms with Crippen molar-refractivity contribution in [1.29, 1.82) is 0 Å². The Labute approximate surface area is 121 Å². The topological polar surface area (TPSA) is 68.5 Å². The third-order valence-electron chi connectivity index (χ3n) is 3.05. The molecule has 1 saturated heterocycles. The Morgan fingerprint density at radius 2 is 2.58 bits per heavy atom. The number of carbonyl (C=O) groups excluding carboxylic acids is 1. The van der Waals surface area contributed by atoms with Gasteiger partial charge in [-0.25, -0.2) is 4.98 Å². The van der Waals surface area contributed by atoms with E-state index in [1.165, 1.54) is 11.3 Å². The molecule has 0 spiro atoms. The van der Waals surface area contributed by atoms with Gasteiger partial charge in [0.05, 0.1) is 17.0 Å². The van der Waals surface area contributed by atoms with Crippen LogP contribution in [0.4, 0.5) is 5.13 Å². The highest BCUT2D eigenvalue weighted by atomic mass is 32.2. The molecular weight excluding hydrogens is 282 g/mol. The van der Waals surface area contributed by atoms with Crippen molar-refractivity contribution in [2.24, 2.45) is 0 Å². The minimum atomic E-state index is -0.0768. The molecule has 1 aromatic rings. The summed E-state index contributed by atoms with van der Waals surface area (Å²) in [6.07, 6.45) is 3.79. The molecule has 1 aromatic heterocycles. The Balaban J connectivity index is 1.76. The van der Waals surface area contributed by atoms with Gasteiger partial charge in [0, 0.05) is 12.3 Å². The molecule has 1 fully saturated rings. The van der Waals surface area contributed by atoms with Crippen molar-refractivity contribution in [3.05, 3.63) is 6.20 Å². The zero-order chi connectivity index (χ0) is 13.7. The van der Waals surface area contributed by atoms with Gasteiger partial charge in [-0.05, 0) is 26.3 Å². The molecule has 19 heavy (non-hydrogen) atoms. The standard InChI is InChI=1S/C12H19N3O2S2/c1-2-17-11(16)9-4-3-5-15(9)6-7-18-10-8-14-12(13)19-10/h8-9H,2-7H2,1H3,(H2,13,14)/t9-/m0/s1. The molecule has 106 valence electrons. The van der Waals surface area contributed by atoms with Crippen LogP contribution in [0, 0.1) is 0 Å². The van der Waals surface area contributed by atoms with Crippen molar-refractivity contribution in [3.8, 4) is 0 Å². The number of thioether (sulfide) groups is 1. The second-order valence-electron chi connectivity index (χ2n) is 4.31. The van der Waals surface area contributed by atoms with Gasteiger partial charge in [-0.2, -0.15) is 0 Å². The van der Waals surface area contributed by atoms with Gasteiger partial charge in [0.1, 0.15) is 6.04 Å². The number of nitrogens with two attached hydrogens (primary N) is 1. The first-order chi connectivity index (χ1) is 9.20. The second kappa shape index (κ2) is 7.12. The predicted octanol–water partition coefficient (Wildman–Crippen LogP) is 1.84. The fourth-order valence-corrected chi connectivity index (χ4v) is 4.01. The summed E-state index contributed by atoms with van der Waals surface area (Å²) >= 11 is 3.24. The van der Waals surface area contributed by atoms with Gasteiger partial charge in [0.15, 0.2) is 5.13 Å². The summed E-state index contributed by atoms with van der Waals surface area (Å²) in [5.41, 5.74) is 5.59. The molecule has 1 atom stereocenters. The number of carbonyl (C=O) groups is 1. The fourth-order valence-electron chi connectivity index (χ4n) is 2.20. The van der Waals surface area contributed by atoms with Gasteiger partial charge >= 0.3 is 5.97 Å². The molecular formula is C12H19N3O2S2. The number of ether oxygens (including phenoxy) is 1. The second-order valence-corrected chi connectivity index (χ2v) is 6.77. The van der Waals surface area contributed by atoms with Crippen molar-refractivity contribution >= 4 is 34.2 Å². The zero-order valence-corrected chi connectivity index (χ0v) is 12.6. The summed E-state index contributed by atoms with van der Waals surface area (Å²) in [4.78, 5) is 18.0. The molecule has 2 rings (SSSR count). The van der Waals surface area contributed by atoms with Crippen LogP contribution in [0.15, 0.2) is 10.4 Å². The SMILES string of the molecule is CCOC(=O)[C@@H]1CCCN1CCSc1cnc(N)s1. The highest BCUT2D eigenvalue weighted by Gasteiger charge is 2.31. The molecule has 2 N–H and O–H groups in total. The van der Waals surface area contributed by atoms with E-state index in [1.54, 1.807) is 18.0 Å². The highest BCUT2D eigenvalue weighted by molar-refractivity contribution is 8.01. The fraction of sp³-hybridized carbons (Fsp3) is 0.667. The van der Waals surface area contributed by atoms with Gasteiger partial charge in [-0.1, -0.05) is 11.3 Å². The largest absolute Gasteiger partial charge is 0.465 e. The average molecular weight is 301 g/mol. The molecule has 0 amide bonds. The number of hydrogen-bond acceptors (Lipinski definition) is 7. The van der Waals surface area contributed by atoms with Gasteiger partial charge in [-0.15, -0.1) is 11.8 Å². The molecule has 0 aromatic carbocycles. The number of nitrogens with zero attached hydrogens (tertiary/aromatic N) is 2.